The van der Waals surface area contributed by atoms with Crippen LogP contribution < -0.4 is 10.1 Å². The molecule has 1 aromatic carbocycles. The molecule has 0 amide bonds. The van der Waals surface area contributed by atoms with Gasteiger partial charge in [-0.2, -0.15) is 13.2 Å². The molecule has 0 aliphatic rings. The SMILES string of the molecule is FC(F)(F)COc1ccccc1NCc1cc[nH]c1. The van der Waals surface area contributed by atoms with E-state index in [0.717, 1.165) is 5.56 Å². The van der Waals surface area contributed by atoms with Crippen molar-refractivity contribution in [3.63, 3.8) is 0 Å². The maximum atomic E-state index is 12.1. The Labute approximate surface area is 108 Å². The van der Waals surface area contributed by atoms with Crippen LogP contribution in [0, 0.1) is 0 Å². The van der Waals surface area contributed by atoms with E-state index in [-0.39, 0.29) is 5.75 Å². The van der Waals surface area contributed by atoms with Gasteiger partial charge < -0.3 is 15.0 Å². The first kappa shape index (κ1) is 13.3. The number of hydrogen-bond acceptors (Lipinski definition) is 2. The van der Waals surface area contributed by atoms with Gasteiger partial charge in [0, 0.05) is 18.9 Å². The van der Waals surface area contributed by atoms with Crippen molar-refractivity contribution in [2.24, 2.45) is 0 Å². The Hall–Kier alpha value is -2.11. The average molecular weight is 270 g/mol. The molecule has 0 saturated carbocycles. The van der Waals surface area contributed by atoms with Crippen LogP contribution in [0.1, 0.15) is 5.56 Å². The van der Waals surface area contributed by atoms with Crippen LogP contribution in [0.15, 0.2) is 42.7 Å². The molecule has 102 valence electrons. The van der Waals surface area contributed by atoms with E-state index in [0.29, 0.717) is 12.2 Å². The zero-order chi connectivity index (χ0) is 13.7. The summed E-state index contributed by atoms with van der Waals surface area (Å²) in [5, 5.41) is 3.04. The van der Waals surface area contributed by atoms with Crippen LogP contribution in [0.3, 0.4) is 0 Å². The zero-order valence-corrected chi connectivity index (χ0v) is 10.00. The van der Waals surface area contributed by atoms with Gasteiger partial charge in [-0.3, -0.25) is 0 Å². The Morgan fingerprint density at radius 3 is 2.63 bits per heavy atom. The molecule has 1 aromatic heterocycles. The van der Waals surface area contributed by atoms with E-state index in [1.54, 1.807) is 24.4 Å². The Morgan fingerprint density at radius 1 is 1.16 bits per heavy atom. The Morgan fingerprint density at radius 2 is 1.95 bits per heavy atom. The summed E-state index contributed by atoms with van der Waals surface area (Å²) >= 11 is 0. The van der Waals surface area contributed by atoms with Crippen LogP contribution >= 0.6 is 0 Å². The fourth-order valence-electron chi connectivity index (χ4n) is 1.56. The Balaban J connectivity index is 1.99. The lowest BCUT2D eigenvalue weighted by molar-refractivity contribution is -0.153. The molecule has 0 saturated heterocycles. The number of nitrogens with one attached hydrogen (secondary N) is 2. The van der Waals surface area contributed by atoms with Crippen molar-refractivity contribution < 1.29 is 17.9 Å². The fourth-order valence-corrected chi connectivity index (χ4v) is 1.56. The second kappa shape index (κ2) is 5.69. The summed E-state index contributed by atoms with van der Waals surface area (Å²) in [5.41, 5.74) is 1.54. The Kier molecular flexibility index (Phi) is 3.99. The van der Waals surface area contributed by atoms with E-state index in [4.69, 9.17) is 4.74 Å². The zero-order valence-electron chi connectivity index (χ0n) is 10.00. The van der Waals surface area contributed by atoms with Crippen molar-refractivity contribution in [2.45, 2.75) is 12.7 Å². The molecule has 0 aliphatic carbocycles. The standard InChI is InChI=1S/C13H13F3N2O/c14-13(15,16)9-19-12-4-2-1-3-11(12)18-8-10-5-6-17-7-10/h1-7,17-18H,8-9H2. The van der Waals surface area contributed by atoms with Gasteiger partial charge in [-0.1, -0.05) is 12.1 Å². The van der Waals surface area contributed by atoms with Crippen molar-refractivity contribution in [1.82, 2.24) is 4.98 Å². The molecule has 3 nitrogen and oxygen atoms in total. The molecule has 0 atom stereocenters. The smallest absolute Gasteiger partial charge is 0.422 e. The number of hydrogen-bond donors (Lipinski definition) is 2. The molecule has 0 aliphatic heterocycles. The predicted octanol–water partition coefficient (Wildman–Crippen LogP) is 3.57. The van der Waals surface area contributed by atoms with E-state index in [9.17, 15) is 13.2 Å². The summed E-state index contributed by atoms with van der Waals surface area (Å²) < 4.78 is 41.2. The molecule has 2 rings (SSSR count). The van der Waals surface area contributed by atoms with E-state index in [1.165, 1.54) is 6.07 Å². The highest BCUT2D eigenvalue weighted by molar-refractivity contribution is 5.56. The third-order valence-corrected chi connectivity index (χ3v) is 2.42. The average Bonchev–Trinajstić information content (AvgIpc) is 2.87. The number of para-hydroxylation sites is 2. The van der Waals surface area contributed by atoms with Gasteiger partial charge in [0.05, 0.1) is 5.69 Å². The number of aromatic amines is 1. The Bertz CT molecular complexity index is 509. The number of halogens is 3. The van der Waals surface area contributed by atoms with Gasteiger partial charge in [-0.15, -0.1) is 0 Å². The molecule has 0 fully saturated rings. The molecule has 1 heterocycles. The molecule has 0 spiro atoms. The summed E-state index contributed by atoms with van der Waals surface area (Å²) in [6.07, 6.45) is -0.747. The van der Waals surface area contributed by atoms with Gasteiger partial charge in [-0.05, 0) is 23.8 Å². The summed E-state index contributed by atoms with van der Waals surface area (Å²) in [7, 11) is 0. The van der Waals surface area contributed by atoms with Crippen molar-refractivity contribution in [3.8, 4) is 5.75 Å². The first-order chi connectivity index (χ1) is 9.04. The highest BCUT2D eigenvalue weighted by atomic mass is 19.4. The van der Waals surface area contributed by atoms with Crippen LogP contribution in [0.5, 0.6) is 5.75 Å². The van der Waals surface area contributed by atoms with Crippen molar-refractivity contribution in [1.29, 1.82) is 0 Å². The minimum atomic E-state index is -4.34. The van der Waals surface area contributed by atoms with Crippen LogP contribution in [0.4, 0.5) is 18.9 Å². The molecule has 0 radical (unpaired) electrons. The second-order valence-corrected chi connectivity index (χ2v) is 3.97. The summed E-state index contributed by atoms with van der Waals surface area (Å²) in [4.78, 5) is 2.91. The first-order valence-electron chi connectivity index (χ1n) is 5.69. The monoisotopic (exact) mass is 270 g/mol. The maximum absolute atomic E-state index is 12.1. The lowest BCUT2D eigenvalue weighted by atomic mass is 10.2. The van der Waals surface area contributed by atoms with Crippen LogP contribution in [-0.2, 0) is 6.54 Å². The minimum absolute atomic E-state index is 0.190. The van der Waals surface area contributed by atoms with Crippen molar-refractivity contribution in [2.75, 3.05) is 11.9 Å². The van der Waals surface area contributed by atoms with Gasteiger partial charge in [0.2, 0.25) is 0 Å². The van der Waals surface area contributed by atoms with Crippen molar-refractivity contribution in [3.05, 3.63) is 48.3 Å². The number of aromatic nitrogens is 1. The van der Waals surface area contributed by atoms with Gasteiger partial charge >= 0.3 is 6.18 Å². The number of benzene rings is 1. The van der Waals surface area contributed by atoms with Crippen molar-refractivity contribution >= 4 is 5.69 Å². The summed E-state index contributed by atoms with van der Waals surface area (Å²) in [6.45, 7) is -0.786. The second-order valence-electron chi connectivity index (χ2n) is 3.97. The molecule has 6 heteroatoms. The van der Waals surface area contributed by atoms with E-state index in [1.807, 2.05) is 12.3 Å². The van der Waals surface area contributed by atoms with E-state index < -0.39 is 12.8 Å². The van der Waals surface area contributed by atoms with Crippen LogP contribution in [0.25, 0.3) is 0 Å². The number of ether oxygens (including phenoxy) is 1. The molecule has 2 aromatic rings. The molecule has 0 unspecified atom stereocenters. The maximum Gasteiger partial charge on any atom is 0.422 e. The first-order valence-corrected chi connectivity index (χ1v) is 5.69. The quantitative estimate of drug-likeness (QED) is 0.871. The third kappa shape index (κ3) is 4.24. The normalized spacial score (nSPS) is 11.3. The molecule has 0 bridgehead atoms. The summed E-state index contributed by atoms with van der Waals surface area (Å²) in [5.74, 6) is 0.190. The lowest BCUT2D eigenvalue weighted by Crippen LogP contribution is -2.19. The van der Waals surface area contributed by atoms with Gasteiger partial charge in [0.15, 0.2) is 6.61 Å². The largest absolute Gasteiger partial charge is 0.482 e. The van der Waals surface area contributed by atoms with E-state index >= 15 is 0 Å². The van der Waals surface area contributed by atoms with Gasteiger partial charge in [-0.25, -0.2) is 0 Å². The highest BCUT2D eigenvalue weighted by Crippen LogP contribution is 2.26. The molecular formula is C13H13F3N2O. The molecular weight excluding hydrogens is 257 g/mol. The summed E-state index contributed by atoms with van der Waals surface area (Å²) in [6, 6.07) is 8.43. The highest BCUT2D eigenvalue weighted by Gasteiger charge is 2.28. The third-order valence-electron chi connectivity index (χ3n) is 2.42. The topological polar surface area (TPSA) is 37.0 Å². The minimum Gasteiger partial charge on any atom is -0.482 e. The molecule has 19 heavy (non-hydrogen) atoms. The van der Waals surface area contributed by atoms with Gasteiger partial charge in [0.25, 0.3) is 0 Å². The number of H-pyrrole nitrogens is 1. The van der Waals surface area contributed by atoms with Crippen LogP contribution in [0.2, 0.25) is 0 Å². The lowest BCUT2D eigenvalue weighted by Gasteiger charge is -2.14. The van der Waals surface area contributed by atoms with Crippen LogP contribution in [-0.4, -0.2) is 17.8 Å². The number of anilines is 1. The number of alkyl halides is 3. The van der Waals surface area contributed by atoms with Gasteiger partial charge in [0.1, 0.15) is 5.75 Å². The fraction of sp³-hybridized carbons (Fsp3) is 0.231. The van der Waals surface area contributed by atoms with E-state index in [2.05, 4.69) is 10.3 Å². The number of rotatable bonds is 5. The predicted molar refractivity (Wildman–Crippen MR) is 66.1 cm³/mol. The molecule has 2 N–H and O–H groups in total.